The highest BCUT2D eigenvalue weighted by Gasteiger charge is 2.22. The number of rotatable bonds is 5. The Morgan fingerprint density at radius 3 is 2.82 bits per heavy atom. The zero-order chi connectivity index (χ0) is 15.5. The van der Waals surface area contributed by atoms with Crippen molar-refractivity contribution >= 4 is 5.71 Å². The van der Waals surface area contributed by atoms with Crippen molar-refractivity contribution < 1.29 is 14.1 Å². The lowest BCUT2D eigenvalue weighted by Gasteiger charge is -2.14. The third-order valence-electron chi connectivity index (χ3n) is 3.64. The molecule has 1 aromatic carbocycles. The lowest BCUT2D eigenvalue weighted by Crippen LogP contribution is -2.20. The molecule has 0 fully saturated rings. The Morgan fingerprint density at radius 1 is 1.32 bits per heavy atom. The highest BCUT2D eigenvalue weighted by Crippen LogP contribution is 2.34. The highest BCUT2D eigenvalue weighted by atomic mass is 16.7. The summed E-state index contributed by atoms with van der Waals surface area (Å²) in [6.45, 7) is 4.66. The van der Waals surface area contributed by atoms with E-state index in [0.29, 0.717) is 19.6 Å². The monoisotopic (exact) mass is 301 g/mol. The summed E-state index contributed by atoms with van der Waals surface area (Å²) < 4.78 is 11.2. The number of oxime groups is 1. The number of hydrogen-bond donors (Lipinski definition) is 1. The van der Waals surface area contributed by atoms with Crippen molar-refractivity contribution in [3.63, 3.8) is 0 Å². The molecule has 3 rings (SSSR count). The van der Waals surface area contributed by atoms with E-state index >= 15 is 0 Å². The fraction of sp³-hybridized carbons (Fsp3) is 0.375. The van der Waals surface area contributed by atoms with Crippen LogP contribution in [-0.4, -0.2) is 30.1 Å². The lowest BCUT2D eigenvalue weighted by molar-refractivity contribution is 0.0472. The average Bonchev–Trinajstić information content (AvgIpc) is 3.12. The van der Waals surface area contributed by atoms with Gasteiger partial charge in [0, 0.05) is 18.5 Å². The van der Waals surface area contributed by atoms with Crippen molar-refractivity contribution in [2.75, 3.05) is 13.2 Å². The minimum absolute atomic E-state index is 0.0868. The Labute approximate surface area is 128 Å². The van der Waals surface area contributed by atoms with Crippen LogP contribution in [0.2, 0.25) is 0 Å². The summed E-state index contributed by atoms with van der Waals surface area (Å²) in [5.41, 5.74) is 9.21. The summed E-state index contributed by atoms with van der Waals surface area (Å²) in [5, 5.41) is 7.94. The molecular weight excluding hydrogens is 282 g/mol. The lowest BCUT2D eigenvalue weighted by atomic mass is 10.0. The third-order valence-corrected chi connectivity index (χ3v) is 3.64. The van der Waals surface area contributed by atoms with Gasteiger partial charge in [0.05, 0.1) is 17.0 Å². The van der Waals surface area contributed by atoms with Crippen molar-refractivity contribution in [2.24, 2.45) is 10.9 Å². The Kier molecular flexibility index (Phi) is 4.11. The van der Waals surface area contributed by atoms with Gasteiger partial charge in [-0.3, -0.25) is 0 Å². The molecule has 2 N–H and O–H groups in total. The van der Waals surface area contributed by atoms with E-state index in [-0.39, 0.29) is 6.10 Å². The molecule has 1 aliphatic rings. The summed E-state index contributed by atoms with van der Waals surface area (Å²) in [6.07, 6.45) is 0.626. The van der Waals surface area contributed by atoms with Gasteiger partial charge in [0.15, 0.2) is 6.10 Å². The molecule has 6 heteroatoms. The van der Waals surface area contributed by atoms with Crippen LogP contribution in [0.3, 0.4) is 0 Å². The molecule has 116 valence electrons. The zero-order valence-corrected chi connectivity index (χ0v) is 12.7. The predicted octanol–water partition coefficient (Wildman–Crippen LogP) is 2.44. The maximum atomic E-state index is 5.94. The molecule has 0 saturated carbocycles. The molecule has 0 saturated heterocycles. The Balaban J connectivity index is 1.76. The van der Waals surface area contributed by atoms with Crippen molar-refractivity contribution in [1.82, 2.24) is 5.16 Å². The first-order valence-electron chi connectivity index (χ1n) is 7.25. The van der Waals surface area contributed by atoms with Gasteiger partial charge >= 0.3 is 0 Å². The second-order valence-electron chi connectivity index (χ2n) is 5.30. The van der Waals surface area contributed by atoms with E-state index in [1.807, 2.05) is 38.1 Å². The van der Waals surface area contributed by atoms with Crippen LogP contribution in [0.1, 0.15) is 17.9 Å². The van der Waals surface area contributed by atoms with Crippen LogP contribution < -0.4 is 10.5 Å². The number of para-hydroxylation sites is 1. The first kappa shape index (κ1) is 14.6. The molecule has 0 aliphatic carbocycles. The second-order valence-corrected chi connectivity index (χ2v) is 5.30. The van der Waals surface area contributed by atoms with Gasteiger partial charge in [0.2, 0.25) is 0 Å². The molecule has 1 unspecified atom stereocenters. The number of benzene rings is 1. The molecule has 6 nitrogen and oxygen atoms in total. The van der Waals surface area contributed by atoms with Gasteiger partial charge in [0.25, 0.3) is 0 Å². The Bertz CT molecular complexity index is 674. The van der Waals surface area contributed by atoms with Crippen molar-refractivity contribution in [1.29, 1.82) is 0 Å². The van der Waals surface area contributed by atoms with Crippen LogP contribution in [0.5, 0.6) is 5.75 Å². The second kappa shape index (κ2) is 6.19. The standard InChI is InChI=1S/C16H19N3O3/c1-10-16(11(2)21-18-10)14-5-3-4-6-15(14)20-9-13-7-12(8-17)19-22-13/h3-6,13H,7-9,17H2,1-2H3. The maximum Gasteiger partial charge on any atom is 0.166 e. The van der Waals surface area contributed by atoms with E-state index in [0.717, 1.165) is 34.0 Å². The molecule has 0 radical (unpaired) electrons. The zero-order valence-electron chi connectivity index (χ0n) is 12.7. The SMILES string of the molecule is Cc1noc(C)c1-c1ccccc1OCC1CC(CN)=NO1. The summed E-state index contributed by atoms with van der Waals surface area (Å²) in [4.78, 5) is 5.31. The largest absolute Gasteiger partial charge is 0.489 e. The van der Waals surface area contributed by atoms with E-state index < -0.39 is 0 Å². The van der Waals surface area contributed by atoms with Gasteiger partial charge in [-0.15, -0.1) is 0 Å². The molecule has 0 spiro atoms. The fourth-order valence-electron chi connectivity index (χ4n) is 2.55. The van der Waals surface area contributed by atoms with E-state index in [9.17, 15) is 0 Å². The van der Waals surface area contributed by atoms with Gasteiger partial charge in [-0.05, 0) is 19.9 Å². The molecule has 1 atom stereocenters. The molecule has 0 bridgehead atoms. The van der Waals surface area contributed by atoms with E-state index in [1.165, 1.54) is 0 Å². The van der Waals surface area contributed by atoms with Crippen LogP contribution in [0.15, 0.2) is 33.9 Å². The van der Waals surface area contributed by atoms with Gasteiger partial charge < -0.3 is 19.8 Å². The summed E-state index contributed by atoms with van der Waals surface area (Å²) in [5.74, 6) is 1.56. The van der Waals surface area contributed by atoms with Gasteiger partial charge in [-0.2, -0.15) is 0 Å². The average molecular weight is 301 g/mol. The minimum atomic E-state index is -0.0868. The normalized spacial score (nSPS) is 17.2. The molecule has 1 aliphatic heterocycles. The number of aromatic nitrogens is 1. The molecule has 0 amide bonds. The maximum absolute atomic E-state index is 5.94. The van der Waals surface area contributed by atoms with E-state index in [4.69, 9.17) is 19.8 Å². The van der Waals surface area contributed by atoms with Crippen LogP contribution >= 0.6 is 0 Å². The summed E-state index contributed by atoms with van der Waals surface area (Å²) >= 11 is 0. The predicted molar refractivity (Wildman–Crippen MR) is 82.9 cm³/mol. The highest BCUT2D eigenvalue weighted by molar-refractivity contribution is 5.87. The Hall–Kier alpha value is -2.34. The first-order chi connectivity index (χ1) is 10.7. The van der Waals surface area contributed by atoms with Crippen molar-refractivity contribution in [2.45, 2.75) is 26.4 Å². The smallest absolute Gasteiger partial charge is 0.166 e. The number of nitrogens with zero attached hydrogens (tertiary/aromatic N) is 2. The minimum Gasteiger partial charge on any atom is -0.489 e. The van der Waals surface area contributed by atoms with Gasteiger partial charge in [-0.25, -0.2) is 0 Å². The van der Waals surface area contributed by atoms with E-state index in [1.54, 1.807) is 0 Å². The van der Waals surface area contributed by atoms with Gasteiger partial charge in [-0.1, -0.05) is 28.5 Å². The molecular formula is C16H19N3O3. The molecule has 22 heavy (non-hydrogen) atoms. The number of hydrogen-bond acceptors (Lipinski definition) is 6. The van der Waals surface area contributed by atoms with E-state index in [2.05, 4.69) is 10.3 Å². The quantitative estimate of drug-likeness (QED) is 0.917. The van der Waals surface area contributed by atoms with Crippen LogP contribution in [0.25, 0.3) is 11.1 Å². The van der Waals surface area contributed by atoms with Crippen molar-refractivity contribution in [3.05, 3.63) is 35.7 Å². The summed E-state index contributed by atoms with van der Waals surface area (Å²) in [6, 6.07) is 7.84. The van der Waals surface area contributed by atoms with Crippen LogP contribution in [-0.2, 0) is 4.84 Å². The van der Waals surface area contributed by atoms with Crippen molar-refractivity contribution in [3.8, 4) is 16.9 Å². The molecule has 2 heterocycles. The number of ether oxygens (including phenoxy) is 1. The molecule has 1 aromatic heterocycles. The van der Waals surface area contributed by atoms with Gasteiger partial charge in [0.1, 0.15) is 18.1 Å². The number of aryl methyl sites for hydroxylation is 2. The van der Waals surface area contributed by atoms with Crippen LogP contribution in [0.4, 0.5) is 0 Å². The topological polar surface area (TPSA) is 82.9 Å². The van der Waals surface area contributed by atoms with Crippen LogP contribution in [0, 0.1) is 13.8 Å². The first-order valence-corrected chi connectivity index (χ1v) is 7.25. The Morgan fingerprint density at radius 2 is 2.14 bits per heavy atom. The third kappa shape index (κ3) is 2.82. The number of nitrogens with two attached hydrogens (primary N) is 1. The summed E-state index contributed by atoms with van der Waals surface area (Å²) in [7, 11) is 0. The fourth-order valence-corrected chi connectivity index (χ4v) is 2.55. The molecule has 2 aromatic rings.